The molecule has 3 aromatic heterocycles. The summed E-state index contributed by atoms with van der Waals surface area (Å²) in [5.41, 5.74) is 11.8. The number of aromatic hydroxyl groups is 1. The maximum absolute atomic E-state index is 10.9. The molecule has 8 aromatic rings. The summed E-state index contributed by atoms with van der Waals surface area (Å²) < 4.78 is 12.7. The molecule has 5 nitrogen and oxygen atoms in total. The summed E-state index contributed by atoms with van der Waals surface area (Å²) in [7, 11) is 0. The summed E-state index contributed by atoms with van der Waals surface area (Å²) >= 11 is 0. The van der Waals surface area contributed by atoms with E-state index >= 15 is 0 Å². The molecule has 6 heteroatoms. The van der Waals surface area contributed by atoms with Gasteiger partial charge in [-0.05, 0) is 79.1 Å². The summed E-state index contributed by atoms with van der Waals surface area (Å²) in [4.78, 5) is 9.53. The van der Waals surface area contributed by atoms with Crippen LogP contribution in [0.15, 0.2) is 132 Å². The van der Waals surface area contributed by atoms with Gasteiger partial charge < -0.3 is 14.3 Å². The predicted octanol–water partition coefficient (Wildman–Crippen LogP) is 11.3. The third-order valence-electron chi connectivity index (χ3n) is 8.66. The summed E-state index contributed by atoms with van der Waals surface area (Å²) in [5.74, 6) is 1.12. The fourth-order valence-corrected chi connectivity index (χ4v) is 6.66. The monoisotopic (exact) mass is 818 g/mol. The molecule has 3 heterocycles. The Morgan fingerprint density at radius 3 is 2.18 bits per heavy atom. The average molecular weight is 819 g/mol. The molecule has 0 aliphatic carbocycles. The average Bonchev–Trinajstić information content (AvgIpc) is 3.47. The number of fused-ring (bicyclic) bond motifs is 3. The molecule has 0 saturated heterocycles. The first-order chi connectivity index (χ1) is 23.4. The molecule has 5 aromatic carbocycles. The molecule has 0 bridgehead atoms. The van der Waals surface area contributed by atoms with Gasteiger partial charge in [0.15, 0.2) is 0 Å². The molecule has 8 rings (SSSR count). The van der Waals surface area contributed by atoms with Gasteiger partial charge in [0.05, 0.1) is 5.69 Å². The van der Waals surface area contributed by atoms with Crippen molar-refractivity contribution in [2.45, 2.75) is 20.8 Å². The SMILES string of the molecule is Cc1cc(C)c(-c2cc(-c3[c-]c(Oc4ccccn4)cc(-c4cccc5c4oc4ccccc45)c3)nc(-c3ccccc3O)c2)c(C)c1.[Pt]. The smallest absolute Gasteiger partial charge is 0.217 e. The van der Waals surface area contributed by atoms with Gasteiger partial charge in [-0.1, -0.05) is 96.1 Å². The van der Waals surface area contributed by atoms with Crippen molar-refractivity contribution in [2.75, 3.05) is 0 Å². The van der Waals surface area contributed by atoms with E-state index in [0.717, 1.165) is 49.8 Å². The first-order valence-electron chi connectivity index (χ1n) is 15.9. The van der Waals surface area contributed by atoms with E-state index < -0.39 is 0 Å². The van der Waals surface area contributed by atoms with Gasteiger partial charge in [-0.15, -0.1) is 11.6 Å². The molecule has 242 valence electrons. The zero-order valence-electron chi connectivity index (χ0n) is 27.1. The Bertz CT molecular complexity index is 2460. The van der Waals surface area contributed by atoms with Crippen LogP contribution in [0.25, 0.3) is 66.7 Å². The Hall–Kier alpha value is -5.51. The number of benzene rings is 5. The van der Waals surface area contributed by atoms with Crippen molar-refractivity contribution in [1.29, 1.82) is 0 Å². The van der Waals surface area contributed by atoms with Crippen LogP contribution in [0.5, 0.6) is 17.4 Å². The number of pyridine rings is 2. The van der Waals surface area contributed by atoms with Gasteiger partial charge in [0.2, 0.25) is 5.88 Å². The number of para-hydroxylation sites is 3. The van der Waals surface area contributed by atoms with Crippen LogP contribution in [0.1, 0.15) is 16.7 Å². The number of ether oxygens (including phenoxy) is 1. The Labute approximate surface area is 299 Å². The topological polar surface area (TPSA) is 68.4 Å². The maximum Gasteiger partial charge on any atom is 0.217 e. The van der Waals surface area contributed by atoms with Crippen molar-refractivity contribution in [3.8, 4) is 62.1 Å². The maximum atomic E-state index is 10.9. The number of hydrogen-bond acceptors (Lipinski definition) is 5. The van der Waals surface area contributed by atoms with Crippen LogP contribution >= 0.6 is 0 Å². The van der Waals surface area contributed by atoms with E-state index in [1.54, 1.807) is 12.3 Å². The van der Waals surface area contributed by atoms with Crippen molar-refractivity contribution in [3.63, 3.8) is 0 Å². The van der Waals surface area contributed by atoms with E-state index in [1.807, 2.05) is 72.8 Å². The molecule has 1 N–H and O–H groups in total. The number of aromatic nitrogens is 2. The van der Waals surface area contributed by atoms with E-state index in [-0.39, 0.29) is 26.8 Å². The molecule has 0 saturated carbocycles. The van der Waals surface area contributed by atoms with E-state index in [1.165, 1.54) is 16.7 Å². The fraction of sp³-hybridized carbons (Fsp3) is 0.0698. The zero-order valence-corrected chi connectivity index (χ0v) is 29.4. The number of phenols is 1. The largest absolute Gasteiger partial charge is 0.507 e. The van der Waals surface area contributed by atoms with Crippen LogP contribution in [0.3, 0.4) is 0 Å². The van der Waals surface area contributed by atoms with E-state index in [9.17, 15) is 5.11 Å². The number of nitrogens with zero attached hydrogens (tertiary/aromatic N) is 2. The molecule has 0 aliphatic rings. The molecular weight excluding hydrogens is 788 g/mol. The molecule has 0 spiro atoms. The standard InChI is InChI=1S/C43H31N2O3.Pt/c1-26-19-27(2)42(28(3)20-26)31-24-37(45-38(25-31)36-12-4-6-15-39(36)46)30-21-29(22-32(23-30)47-41-17-8-9-18-44-41)33-13-10-14-35-34-11-5-7-16-40(34)48-43(33)35;/h4-22,24-25,46H,1-3H3;/q-1;. The summed E-state index contributed by atoms with van der Waals surface area (Å²) in [5, 5.41) is 13.0. The first kappa shape index (κ1) is 32.1. The molecule has 0 unspecified atom stereocenters. The van der Waals surface area contributed by atoms with Crippen molar-refractivity contribution in [3.05, 3.63) is 150 Å². The third kappa shape index (κ3) is 6.14. The predicted molar refractivity (Wildman–Crippen MR) is 192 cm³/mol. The van der Waals surface area contributed by atoms with E-state index in [2.05, 4.69) is 74.3 Å². The minimum absolute atomic E-state index is 0. The fourth-order valence-electron chi connectivity index (χ4n) is 6.66. The zero-order chi connectivity index (χ0) is 32.8. The number of furan rings is 1. The Morgan fingerprint density at radius 1 is 0.673 bits per heavy atom. The summed E-state index contributed by atoms with van der Waals surface area (Å²) in [6, 6.07) is 43.2. The Balaban J connectivity index is 0.00000378. The van der Waals surface area contributed by atoms with Crippen molar-refractivity contribution >= 4 is 21.9 Å². The minimum Gasteiger partial charge on any atom is -0.507 e. The van der Waals surface area contributed by atoms with Crippen LogP contribution in [0.4, 0.5) is 0 Å². The second-order valence-corrected chi connectivity index (χ2v) is 12.1. The summed E-state index contributed by atoms with van der Waals surface area (Å²) in [6.45, 7) is 6.38. The minimum atomic E-state index is 0. The van der Waals surface area contributed by atoms with Gasteiger partial charge in [0, 0.05) is 61.0 Å². The molecule has 0 amide bonds. The van der Waals surface area contributed by atoms with Crippen LogP contribution < -0.4 is 4.74 Å². The molecule has 0 atom stereocenters. The van der Waals surface area contributed by atoms with Crippen LogP contribution in [-0.4, -0.2) is 15.1 Å². The molecule has 0 fully saturated rings. The van der Waals surface area contributed by atoms with Crippen molar-refractivity contribution in [2.24, 2.45) is 0 Å². The third-order valence-corrected chi connectivity index (χ3v) is 8.66. The van der Waals surface area contributed by atoms with Crippen LogP contribution in [-0.2, 0) is 21.1 Å². The number of phenolic OH excluding ortho intramolecular Hbond substituents is 1. The Morgan fingerprint density at radius 2 is 1.39 bits per heavy atom. The van der Waals surface area contributed by atoms with Crippen molar-refractivity contribution < 1.29 is 35.3 Å². The molecule has 0 aliphatic heterocycles. The second kappa shape index (κ2) is 13.2. The summed E-state index contributed by atoms with van der Waals surface area (Å²) in [6.07, 6.45) is 1.70. The number of hydrogen-bond donors (Lipinski definition) is 1. The van der Waals surface area contributed by atoms with Crippen LogP contribution in [0.2, 0.25) is 0 Å². The van der Waals surface area contributed by atoms with Gasteiger partial charge >= 0.3 is 0 Å². The number of aryl methyl sites for hydroxylation is 3. The molecule has 49 heavy (non-hydrogen) atoms. The van der Waals surface area contributed by atoms with Gasteiger partial charge in [-0.3, -0.25) is 4.98 Å². The quantitative estimate of drug-likeness (QED) is 0.169. The second-order valence-electron chi connectivity index (χ2n) is 12.1. The van der Waals surface area contributed by atoms with E-state index in [4.69, 9.17) is 14.1 Å². The van der Waals surface area contributed by atoms with Gasteiger partial charge in [-0.2, -0.15) is 0 Å². The van der Waals surface area contributed by atoms with Crippen LogP contribution in [0, 0.1) is 26.8 Å². The van der Waals surface area contributed by atoms with Gasteiger partial charge in [0.25, 0.3) is 0 Å². The van der Waals surface area contributed by atoms with Gasteiger partial charge in [0.1, 0.15) is 16.9 Å². The Kier molecular flexibility index (Phi) is 8.62. The van der Waals surface area contributed by atoms with E-state index in [0.29, 0.717) is 28.6 Å². The first-order valence-corrected chi connectivity index (χ1v) is 15.9. The molecular formula is C43H31N2O3Pt-. The normalized spacial score (nSPS) is 11.1. The van der Waals surface area contributed by atoms with Gasteiger partial charge in [-0.25, -0.2) is 4.98 Å². The number of rotatable bonds is 6. The molecule has 0 radical (unpaired) electrons. The van der Waals surface area contributed by atoms with Crippen molar-refractivity contribution in [1.82, 2.24) is 9.97 Å².